The van der Waals surface area contributed by atoms with Gasteiger partial charge in [-0.15, -0.1) is 0 Å². The lowest BCUT2D eigenvalue weighted by atomic mass is 9.88. The molecule has 0 bridgehead atoms. The summed E-state index contributed by atoms with van der Waals surface area (Å²) in [6.45, 7) is 1.69. The van der Waals surface area contributed by atoms with E-state index in [4.69, 9.17) is 19.9 Å². The highest BCUT2D eigenvalue weighted by atomic mass is 32.2. The molecule has 32 heavy (non-hydrogen) atoms. The van der Waals surface area contributed by atoms with Crippen LogP contribution in [-0.4, -0.2) is 81.9 Å². The Morgan fingerprint density at radius 1 is 1.31 bits per heavy atom. The SMILES string of the molecule is NC(=O)CS(=O)(=O)c1cccc(OCC(O)COC(=O)N[C@H]2COC3(CCNCC3)C2)c1. The molecule has 0 radical (unpaired) electrons. The number of nitrogens with two attached hydrogens (primary N) is 1. The van der Waals surface area contributed by atoms with Gasteiger partial charge in [0, 0.05) is 0 Å². The van der Waals surface area contributed by atoms with Crippen molar-refractivity contribution in [2.45, 2.75) is 41.9 Å². The van der Waals surface area contributed by atoms with Crippen LogP contribution in [0.3, 0.4) is 0 Å². The van der Waals surface area contributed by atoms with Crippen molar-refractivity contribution < 1.29 is 37.3 Å². The molecule has 2 heterocycles. The minimum atomic E-state index is -3.87. The third-order valence-electron chi connectivity index (χ3n) is 5.39. The highest BCUT2D eigenvalue weighted by Gasteiger charge is 2.41. The molecule has 0 aromatic heterocycles. The van der Waals surface area contributed by atoms with Gasteiger partial charge in [-0.3, -0.25) is 4.79 Å². The first-order valence-electron chi connectivity index (χ1n) is 10.4. The molecule has 1 aromatic carbocycles. The van der Waals surface area contributed by atoms with Crippen LogP contribution < -0.4 is 21.1 Å². The summed E-state index contributed by atoms with van der Waals surface area (Å²) in [5.74, 6) is -1.60. The fourth-order valence-corrected chi connectivity index (χ4v) is 4.94. The van der Waals surface area contributed by atoms with Crippen LogP contribution in [0.15, 0.2) is 29.2 Å². The van der Waals surface area contributed by atoms with Gasteiger partial charge in [0.1, 0.15) is 30.8 Å². The summed E-state index contributed by atoms with van der Waals surface area (Å²) in [4.78, 5) is 22.8. The van der Waals surface area contributed by atoms with Crippen LogP contribution in [-0.2, 0) is 24.1 Å². The van der Waals surface area contributed by atoms with Gasteiger partial charge in [-0.1, -0.05) is 6.07 Å². The molecule has 2 aliphatic rings. The van der Waals surface area contributed by atoms with Crippen molar-refractivity contribution in [3.8, 4) is 5.75 Å². The number of sulfone groups is 1. The van der Waals surface area contributed by atoms with Crippen LogP contribution in [0.25, 0.3) is 0 Å². The highest BCUT2D eigenvalue weighted by molar-refractivity contribution is 7.92. The Kier molecular flexibility index (Phi) is 7.93. The van der Waals surface area contributed by atoms with Gasteiger partial charge >= 0.3 is 6.09 Å². The van der Waals surface area contributed by atoms with Crippen molar-refractivity contribution in [1.29, 1.82) is 0 Å². The number of benzene rings is 1. The number of carbonyl (C=O) groups is 2. The topological polar surface area (TPSA) is 166 Å². The molecule has 1 unspecified atom stereocenters. The Morgan fingerprint density at radius 3 is 2.78 bits per heavy atom. The average molecular weight is 472 g/mol. The van der Waals surface area contributed by atoms with Gasteiger partial charge in [0.2, 0.25) is 5.91 Å². The first-order valence-corrected chi connectivity index (χ1v) is 12.0. The molecule has 0 aliphatic carbocycles. The van der Waals surface area contributed by atoms with Gasteiger partial charge in [-0.05, 0) is 50.6 Å². The van der Waals surface area contributed by atoms with Crippen LogP contribution >= 0.6 is 0 Å². The lowest BCUT2D eigenvalue weighted by molar-refractivity contribution is -0.115. The molecule has 2 aliphatic heterocycles. The normalized spacial score (nSPS) is 21.1. The van der Waals surface area contributed by atoms with Crippen LogP contribution in [0, 0.1) is 0 Å². The number of alkyl carbamates (subject to hydrolysis) is 1. The van der Waals surface area contributed by atoms with Gasteiger partial charge in [0.25, 0.3) is 0 Å². The van der Waals surface area contributed by atoms with Crippen molar-refractivity contribution in [3.63, 3.8) is 0 Å². The van der Waals surface area contributed by atoms with Crippen molar-refractivity contribution in [3.05, 3.63) is 24.3 Å². The molecular formula is C20H29N3O8S. The van der Waals surface area contributed by atoms with Crippen molar-refractivity contribution in [2.75, 3.05) is 38.7 Å². The van der Waals surface area contributed by atoms with Gasteiger partial charge in [-0.2, -0.15) is 0 Å². The number of carbonyl (C=O) groups excluding carboxylic acids is 2. The Morgan fingerprint density at radius 2 is 2.06 bits per heavy atom. The van der Waals surface area contributed by atoms with E-state index in [1.165, 1.54) is 24.3 Å². The molecule has 3 rings (SSSR count). The zero-order valence-electron chi connectivity index (χ0n) is 17.6. The van der Waals surface area contributed by atoms with Gasteiger partial charge < -0.3 is 35.7 Å². The summed E-state index contributed by atoms with van der Waals surface area (Å²) in [6, 6.07) is 5.35. The Bertz CT molecular complexity index is 917. The van der Waals surface area contributed by atoms with Crippen LogP contribution in [0.5, 0.6) is 5.75 Å². The highest BCUT2D eigenvalue weighted by Crippen LogP contribution is 2.33. The number of aliphatic hydroxyl groups excluding tert-OH is 1. The maximum absolute atomic E-state index is 12.1. The number of amides is 2. The van der Waals surface area contributed by atoms with Crippen molar-refractivity contribution in [1.82, 2.24) is 10.6 Å². The number of primary amides is 1. The lowest BCUT2D eigenvalue weighted by Gasteiger charge is -2.32. The molecular weight excluding hydrogens is 442 g/mol. The molecule has 1 aromatic rings. The van der Waals surface area contributed by atoms with Crippen LogP contribution in [0.1, 0.15) is 19.3 Å². The molecule has 2 atom stereocenters. The first kappa shape index (κ1) is 24.2. The Labute approximate surface area is 186 Å². The van der Waals surface area contributed by atoms with E-state index in [1.807, 2.05) is 0 Å². The number of hydrogen-bond acceptors (Lipinski definition) is 9. The summed E-state index contributed by atoms with van der Waals surface area (Å²) in [6.07, 6.45) is 0.762. The third kappa shape index (κ3) is 6.79. The van der Waals surface area contributed by atoms with Crippen molar-refractivity contribution >= 4 is 21.8 Å². The molecule has 11 nitrogen and oxygen atoms in total. The zero-order chi connectivity index (χ0) is 23.2. The van der Waals surface area contributed by atoms with E-state index in [0.717, 1.165) is 32.4 Å². The van der Waals surface area contributed by atoms with Crippen molar-refractivity contribution in [2.24, 2.45) is 5.73 Å². The van der Waals surface area contributed by atoms with Crippen LogP contribution in [0.2, 0.25) is 0 Å². The van der Waals surface area contributed by atoms with E-state index in [1.54, 1.807) is 0 Å². The lowest BCUT2D eigenvalue weighted by Crippen LogP contribution is -2.43. The number of rotatable bonds is 9. The maximum Gasteiger partial charge on any atom is 0.407 e. The Balaban J connectivity index is 1.40. The summed E-state index contributed by atoms with van der Waals surface area (Å²) in [5, 5.41) is 16.1. The standard InChI is InChI=1S/C20H29N3O8S/c21-18(25)13-32(27,28)17-3-1-2-16(8-17)29-11-15(24)12-30-19(26)23-14-9-20(31-10-14)4-6-22-7-5-20/h1-3,8,14-15,22,24H,4-7,9-13H2,(H2,21,25)(H,23,26)/t14-,15?/m1/s1. The first-order chi connectivity index (χ1) is 15.2. The third-order valence-corrected chi connectivity index (χ3v) is 7.03. The fourth-order valence-electron chi connectivity index (χ4n) is 3.82. The van der Waals surface area contributed by atoms with Gasteiger partial charge in [0.15, 0.2) is 9.84 Å². The van der Waals surface area contributed by atoms with E-state index in [2.05, 4.69) is 10.6 Å². The molecule has 2 saturated heterocycles. The van der Waals surface area contributed by atoms with Gasteiger partial charge in [0.05, 0.1) is 23.1 Å². The predicted molar refractivity (Wildman–Crippen MR) is 113 cm³/mol. The molecule has 1 spiro atoms. The zero-order valence-corrected chi connectivity index (χ0v) is 18.4. The molecule has 178 valence electrons. The minimum absolute atomic E-state index is 0.121. The molecule has 12 heteroatoms. The maximum atomic E-state index is 12.1. The average Bonchev–Trinajstić information content (AvgIpc) is 3.12. The monoisotopic (exact) mass is 471 g/mol. The fraction of sp³-hybridized carbons (Fsp3) is 0.600. The second-order valence-electron chi connectivity index (χ2n) is 8.05. The summed E-state index contributed by atoms with van der Waals surface area (Å²) >= 11 is 0. The van der Waals surface area contributed by atoms with Crippen LogP contribution in [0.4, 0.5) is 4.79 Å². The molecule has 2 fully saturated rings. The number of nitrogens with one attached hydrogen (secondary N) is 2. The summed E-state index contributed by atoms with van der Waals surface area (Å²) in [5.41, 5.74) is 4.77. The molecule has 0 saturated carbocycles. The number of hydrogen-bond donors (Lipinski definition) is 4. The van der Waals surface area contributed by atoms with E-state index in [-0.39, 0.29) is 35.5 Å². The molecule has 2 amide bonds. The van der Waals surface area contributed by atoms with E-state index in [9.17, 15) is 23.1 Å². The summed E-state index contributed by atoms with van der Waals surface area (Å²) in [7, 11) is -3.87. The van der Waals surface area contributed by atoms with Gasteiger partial charge in [-0.25, -0.2) is 13.2 Å². The smallest absolute Gasteiger partial charge is 0.407 e. The minimum Gasteiger partial charge on any atom is -0.491 e. The number of ether oxygens (including phenoxy) is 3. The number of piperidine rings is 1. The second kappa shape index (κ2) is 10.5. The number of aliphatic hydroxyl groups is 1. The second-order valence-corrected chi connectivity index (χ2v) is 10.0. The largest absolute Gasteiger partial charge is 0.491 e. The Hall–Kier alpha value is -2.41. The van der Waals surface area contributed by atoms with E-state index in [0.29, 0.717) is 6.61 Å². The van der Waals surface area contributed by atoms with E-state index < -0.39 is 33.7 Å². The predicted octanol–water partition coefficient (Wildman–Crippen LogP) is -0.677. The molecule has 5 N–H and O–H groups in total. The quantitative estimate of drug-likeness (QED) is 0.365. The van der Waals surface area contributed by atoms with E-state index >= 15 is 0 Å². The summed E-state index contributed by atoms with van der Waals surface area (Å²) < 4.78 is 40.5.